The lowest BCUT2D eigenvalue weighted by molar-refractivity contribution is 0.0273. The van der Waals surface area contributed by atoms with Gasteiger partial charge in [0.15, 0.2) is 11.5 Å². The van der Waals surface area contributed by atoms with E-state index in [1.807, 2.05) is 12.3 Å². The Hall–Kier alpha value is -3.98. The lowest BCUT2D eigenvalue weighted by Gasteiger charge is -2.40. The van der Waals surface area contributed by atoms with E-state index >= 15 is 0 Å². The summed E-state index contributed by atoms with van der Waals surface area (Å²) in [6.45, 7) is 21.1. The molecule has 2 aromatic carbocycles. The first kappa shape index (κ1) is 42.0. The van der Waals surface area contributed by atoms with Crippen molar-refractivity contribution >= 4 is 21.8 Å². The Labute approximate surface area is 367 Å². The molecule has 0 spiro atoms. The molecule has 6 aliphatic heterocycles. The molecular formula is C50H65N7O5. The molecule has 10 rings (SSSR count). The van der Waals surface area contributed by atoms with Gasteiger partial charge in [0, 0.05) is 118 Å². The number of allylic oxidation sites excluding steroid dienone is 2. The normalized spacial score (nSPS) is 23.5. The van der Waals surface area contributed by atoms with Crippen LogP contribution < -0.4 is 9.47 Å². The summed E-state index contributed by atoms with van der Waals surface area (Å²) < 4.78 is 30.4. The number of benzene rings is 2. The van der Waals surface area contributed by atoms with Gasteiger partial charge in [-0.15, -0.1) is 0 Å². The molecule has 12 nitrogen and oxygen atoms in total. The van der Waals surface area contributed by atoms with Crippen LogP contribution in [0.25, 0.3) is 21.8 Å². The lowest BCUT2D eigenvalue weighted by atomic mass is 9.98. The molecule has 12 heteroatoms. The van der Waals surface area contributed by atoms with Gasteiger partial charge in [0.05, 0.1) is 32.5 Å². The molecule has 4 aromatic rings. The second-order valence-electron chi connectivity index (χ2n) is 18.3. The van der Waals surface area contributed by atoms with Crippen LogP contribution in [0.4, 0.5) is 0 Å². The van der Waals surface area contributed by atoms with E-state index in [0.29, 0.717) is 25.6 Å². The van der Waals surface area contributed by atoms with E-state index in [0.717, 1.165) is 165 Å². The number of piperidine rings is 1. The van der Waals surface area contributed by atoms with Gasteiger partial charge in [-0.05, 0) is 86.7 Å². The fraction of sp³-hybridized carbons (Fsp3) is 0.560. The van der Waals surface area contributed by atoms with Crippen molar-refractivity contribution < 1.29 is 23.7 Å². The Morgan fingerprint density at radius 1 is 0.758 bits per heavy atom. The molecule has 0 amide bonds. The number of hydrogen-bond acceptors (Lipinski definition) is 12. The summed E-state index contributed by atoms with van der Waals surface area (Å²) in [7, 11) is 0. The van der Waals surface area contributed by atoms with Crippen LogP contribution in [0, 0.1) is 0 Å². The standard InChI is InChI=1S/C50H65N7O5/c1-3-37(28-53-15-12-42(13-16-53)57-32-41-27-38(29-54-17-22-58-23-18-54)44-7-4-14-51-47(44)49(41)62-35-57)9-8-36(2)46-11-10-45-39(30-55-19-24-59-25-20-55)26-40-31-56(33-43-6-5-21-60-43)34-61-50(40)48(45)52-46/h3-4,7-11,14,26-27,36,42-43H,5-6,12-13,15-25,28-35H2,1-2H3/b9-8-,37-3+/t36-,43?/m1/s1. The van der Waals surface area contributed by atoms with E-state index in [1.165, 1.54) is 38.6 Å². The maximum atomic E-state index is 6.57. The molecular weight excluding hydrogens is 779 g/mol. The molecule has 0 aliphatic carbocycles. The highest BCUT2D eigenvalue weighted by molar-refractivity contribution is 5.90. The van der Waals surface area contributed by atoms with Crippen LogP contribution in [0.3, 0.4) is 0 Å². The first-order valence-corrected chi connectivity index (χ1v) is 23.4. The first-order chi connectivity index (χ1) is 30.5. The third-order valence-corrected chi connectivity index (χ3v) is 14.1. The van der Waals surface area contributed by atoms with Crippen molar-refractivity contribution in [3.05, 3.63) is 94.3 Å². The summed E-state index contributed by atoms with van der Waals surface area (Å²) in [5.41, 5.74) is 9.57. The Kier molecular flexibility index (Phi) is 13.1. The van der Waals surface area contributed by atoms with Gasteiger partial charge >= 0.3 is 0 Å². The monoisotopic (exact) mass is 844 g/mol. The van der Waals surface area contributed by atoms with Crippen LogP contribution in [-0.2, 0) is 40.4 Å². The topological polar surface area (TPSA) is 88.1 Å². The van der Waals surface area contributed by atoms with Gasteiger partial charge in [-0.2, -0.15) is 0 Å². The molecule has 0 radical (unpaired) electrons. The van der Waals surface area contributed by atoms with E-state index in [2.05, 4.69) is 86.9 Å². The van der Waals surface area contributed by atoms with Crippen molar-refractivity contribution in [2.75, 3.05) is 98.9 Å². The number of fused-ring (bicyclic) bond motifs is 6. The predicted octanol–water partition coefficient (Wildman–Crippen LogP) is 6.70. The minimum absolute atomic E-state index is 0.155. The summed E-state index contributed by atoms with van der Waals surface area (Å²) >= 11 is 0. The number of rotatable bonds is 12. The summed E-state index contributed by atoms with van der Waals surface area (Å²) in [4.78, 5) is 22.8. The van der Waals surface area contributed by atoms with Crippen molar-refractivity contribution in [1.29, 1.82) is 0 Å². The van der Waals surface area contributed by atoms with Gasteiger partial charge < -0.3 is 23.7 Å². The highest BCUT2D eigenvalue weighted by Crippen LogP contribution is 2.39. The molecule has 1 unspecified atom stereocenters. The summed E-state index contributed by atoms with van der Waals surface area (Å²) in [5.74, 6) is 2.07. The smallest absolute Gasteiger partial charge is 0.152 e. The van der Waals surface area contributed by atoms with E-state index in [9.17, 15) is 0 Å². The maximum absolute atomic E-state index is 6.57. The SMILES string of the molecule is C/C=C(\C=C/[C@@H](C)c1ccc2c(CN3CCOCC3)cc3c(c2n1)OCN(CC1CCCO1)C3)CN1CCC(N2COc3c(cc(CN4CCOCC4)c4cccnc34)C2)CC1. The van der Waals surface area contributed by atoms with Gasteiger partial charge in [-0.25, -0.2) is 4.98 Å². The molecule has 4 saturated heterocycles. The summed E-state index contributed by atoms with van der Waals surface area (Å²) in [6, 6.07) is 14.0. The quantitative estimate of drug-likeness (QED) is 0.142. The summed E-state index contributed by atoms with van der Waals surface area (Å²) in [6.07, 6.45) is 13.7. The Balaban J connectivity index is 0.780. The number of morpholine rings is 2. The van der Waals surface area contributed by atoms with Gasteiger partial charge in [0.25, 0.3) is 0 Å². The van der Waals surface area contributed by atoms with Crippen LogP contribution in [0.2, 0.25) is 0 Å². The highest BCUT2D eigenvalue weighted by Gasteiger charge is 2.31. The molecule has 0 N–H and O–H groups in total. The van der Waals surface area contributed by atoms with Gasteiger partial charge in [-0.1, -0.05) is 37.3 Å². The van der Waals surface area contributed by atoms with E-state index < -0.39 is 0 Å². The average molecular weight is 844 g/mol. The number of pyridine rings is 2. The van der Waals surface area contributed by atoms with Crippen molar-refractivity contribution in [3.8, 4) is 11.5 Å². The zero-order valence-corrected chi connectivity index (χ0v) is 36.9. The molecule has 2 aromatic heterocycles. The molecule has 62 heavy (non-hydrogen) atoms. The predicted molar refractivity (Wildman–Crippen MR) is 242 cm³/mol. The van der Waals surface area contributed by atoms with E-state index in [4.69, 9.17) is 33.7 Å². The van der Waals surface area contributed by atoms with Crippen LogP contribution in [0.15, 0.2) is 66.4 Å². The molecule has 6 aliphatic rings. The van der Waals surface area contributed by atoms with Crippen molar-refractivity contribution in [2.45, 2.75) is 83.8 Å². The van der Waals surface area contributed by atoms with Gasteiger partial charge in [0.2, 0.25) is 0 Å². The minimum Gasteiger partial charge on any atom is -0.475 e. The van der Waals surface area contributed by atoms with Crippen LogP contribution in [0.5, 0.6) is 11.5 Å². The molecule has 2 atom stereocenters. The second-order valence-corrected chi connectivity index (χ2v) is 18.3. The minimum atomic E-state index is 0.155. The van der Waals surface area contributed by atoms with Gasteiger partial charge in [-0.3, -0.25) is 29.5 Å². The number of aromatic nitrogens is 2. The molecule has 8 heterocycles. The zero-order valence-electron chi connectivity index (χ0n) is 36.9. The Morgan fingerprint density at radius 2 is 1.45 bits per heavy atom. The lowest BCUT2D eigenvalue weighted by Crippen LogP contribution is -2.47. The fourth-order valence-corrected chi connectivity index (χ4v) is 10.4. The number of ether oxygens (including phenoxy) is 5. The number of hydrogen-bond donors (Lipinski definition) is 0. The van der Waals surface area contributed by atoms with Crippen LogP contribution in [-0.4, -0.2) is 145 Å². The van der Waals surface area contributed by atoms with Crippen molar-refractivity contribution in [2.24, 2.45) is 0 Å². The fourth-order valence-electron chi connectivity index (χ4n) is 10.4. The third kappa shape index (κ3) is 9.44. The molecule has 4 fully saturated rings. The molecule has 0 bridgehead atoms. The summed E-state index contributed by atoms with van der Waals surface area (Å²) in [5, 5.41) is 2.40. The van der Waals surface area contributed by atoms with Gasteiger partial charge in [0.1, 0.15) is 24.5 Å². The van der Waals surface area contributed by atoms with E-state index in [-0.39, 0.29) is 5.92 Å². The van der Waals surface area contributed by atoms with Crippen LogP contribution >= 0.6 is 0 Å². The average Bonchev–Trinajstić information content (AvgIpc) is 3.84. The van der Waals surface area contributed by atoms with Crippen molar-refractivity contribution in [1.82, 2.24) is 34.5 Å². The largest absolute Gasteiger partial charge is 0.475 e. The number of nitrogens with zero attached hydrogens (tertiary/aromatic N) is 7. The van der Waals surface area contributed by atoms with E-state index in [1.54, 1.807) is 0 Å². The molecule has 0 saturated carbocycles. The van der Waals surface area contributed by atoms with Crippen molar-refractivity contribution in [3.63, 3.8) is 0 Å². The third-order valence-electron chi connectivity index (χ3n) is 14.1. The zero-order chi connectivity index (χ0) is 41.8. The Morgan fingerprint density at radius 3 is 2.16 bits per heavy atom. The maximum Gasteiger partial charge on any atom is 0.152 e. The van der Waals surface area contributed by atoms with Crippen LogP contribution in [0.1, 0.15) is 73.4 Å². The highest BCUT2D eigenvalue weighted by atomic mass is 16.5. The second kappa shape index (κ2) is 19.4. The number of likely N-dealkylation sites (tertiary alicyclic amines) is 1. The Bertz CT molecular complexity index is 2240. The molecule has 330 valence electrons. The first-order valence-electron chi connectivity index (χ1n) is 23.4.